The molecule has 0 amide bonds. The summed E-state index contributed by atoms with van der Waals surface area (Å²) in [7, 11) is 0. The molecule has 0 atom stereocenters. The molecule has 0 fully saturated rings. The van der Waals surface area contributed by atoms with Crippen molar-refractivity contribution >= 4 is 5.97 Å². The largest absolute Gasteiger partial charge is 0.462 e. The van der Waals surface area contributed by atoms with Gasteiger partial charge in [-0.1, -0.05) is 0 Å². The number of nitrogens with zero attached hydrogens (tertiary/aromatic N) is 2. The van der Waals surface area contributed by atoms with Gasteiger partial charge in [-0.3, -0.25) is 0 Å². The Morgan fingerprint density at radius 3 is 2.76 bits per heavy atom. The van der Waals surface area contributed by atoms with Crippen LogP contribution in [0.25, 0.3) is 0 Å². The highest BCUT2D eigenvalue weighted by Crippen LogP contribution is 2.24. The molecule has 0 aliphatic rings. The average Bonchev–Trinajstić information content (AvgIpc) is 2.27. The highest BCUT2D eigenvalue weighted by Gasteiger charge is 2.24. The zero-order chi connectivity index (χ0) is 13.0. The number of ether oxygens (including phenoxy) is 1. The molecule has 0 aliphatic heterocycles. The SMILES string of the molecule is CCOC(=O)c1c(C)cc(C#N)nc1C(F)F. The van der Waals surface area contributed by atoms with Gasteiger partial charge >= 0.3 is 5.97 Å². The van der Waals surface area contributed by atoms with Gasteiger partial charge in [-0.05, 0) is 25.5 Å². The van der Waals surface area contributed by atoms with Crippen LogP contribution in [0.4, 0.5) is 8.78 Å². The summed E-state index contributed by atoms with van der Waals surface area (Å²) >= 11 is 0. The zero-order valence-corrected chi connectivity index (χ0v) is 9.33. The molecule has 1 rings (SSSR count). The van der Waals surface area contributed by atoms with Crippen molar-refractivity contribution in [3.63, 3.8) is 0 Å². The number of carbonyl (C=O) groups is 1. The van der Waals surface area contributed by atoms with E-state index in [9.17, 15) is 13.6 Å². The van der Waals surface area contributed by atoms with Gasteiger partial charge in [0, 0.05) is 0 Å². The van der Waals surface area contributed by atoms with E-state index < -0.39 is 18.1 Å². The van der Waals surface area contributed by atoms with Gasteiger partial charge in [0.1, 0.15) is 17.5 Å². The number of halogens is 2. The number of aryl methyl sites for hydroxylation is 1. The molecule has 17 heavy (non-hydrogen) atoms. The normalized spacial score (nSPS) is 10.1. The van der Waals surface area contributed by atoms with Gasteiger partial charge in [0.2, 0.25) is 0 Å². The molecule has 0 unspecified atom stereocenters. The monoisotopic (exact) mass is 240 g/mol. The third-order valence-electron chi connectivity index (χ3n) is 2.05. The smallest absolute Gasteiger partial charge is 0.340 e. The number of rotatable bonds is 3. The number of carbonyl (C=O) groups excluding carboxylic acids is 1. The number of aromatic nitrogens is 1. The number of hydrogen-bond acceptors (Lipinski definition) is 4. The summed E-state index contributed by atoms with van der Waals surface area (Å²) < 4.78 is 30.2. The zero-order valence-electron chi connectivity index (χ0n) is 9.33. The average molecular weight is 240 g/mol. The van der Waals surface area contributed by atoms with Gasteiger partial charge in [0.15, 0.2) is 0 Å². The molecular weight excluding hydrogens is 230 g/mol. The maximum atomic E-state index is 12.7. The van der Waals surface area contributed by atoms with Crippen LogP contribution in [0.3, 0.4) is 0 Å². The lowest BCUT2D eigenvalue weighted by Gasteiger charge is -2.10. The Balaban J connectivity index is 3.37. The Kier molecular flexibility index (Phi) is 4.10. The second-order valence-corrected chi connectivity index (χ2v) is 3.22. The second kappa shape index (κ2) is 5.34. The molecule has 0 aromatic carbocycles. The molecule has 0 saturated heterocycles. The summed E-state index contributed by atoms with van der Waals surface area (Å²) in [5.74, 6) is -0.850. The first-order chi connectivity index (χ1) is 8.01. The van der Waals surface area contributed by atoms with Crippen LogP contribution >= 0.6 is 0 Å². The van der Waals surface area contributed by atoms with Crippen LogP contribution in [-0.2, 0) is 4.74 Å². The molecule has 90 valence electrons. The van der Waals surface area contributed by atoms with E-state index in [0.29, 0.717) is 0 Å². The van der Waals surface area contributed by atoms with Crippen LogP contribution < -0.4 is 0 Å². The Labute approximate surface area is 96.8 Å². The van der Waals surface area contributed by atoms with Crippen molar-refractivity contribution in [1.82, 2.24) is 4.98 Å². The topological polar surface area (TPSA) is 63.0 Å². The highest BCUT2D eigenvalue weighted by atomic mass is 19.3. The molecule has 0 aliphatic carbocycles. The van der Waals surface area contributed by atoms with E-state index in [1.54, 1.807) is 13.0 Å². The van der Waals surface area contributed by atoms with Gasteiger partial charge in [-0.25, -0.2) is 18.6 Å². The molecular formula is C11H10F2N2O2. The lowest BCUT2D eigenvalue weighted by Crippen LogP contribution is -2.13. The van der Waals surface area contributed by atoms with Crippen LogP contribution in [0.1, 0.15) is 40.7 Å². The van der Waals surface area contributed by atoms with E-state index in [2.05, 4.69) is 9.72 Å². The summed E-state index contributed by atoms with van der Waals surface area (Å²) in [6.07, 6.45) is -2.93. The van der Waals surface area contributed by atoms with Crippen molar-refractivity contribution in [2.24, 2.45) is 0 Å². The molecule has 0 N–H and O–H groups in total. The summed E-state index contributed by atoms with van der Waals surface area (Å²) in [6, 6.07) is 2.94. The summed E-state index contributed by atoms with van der Waals surface area (Å²) in [5.41, 5.74) is -0.864. The van der Waals surface area contributed by atoms with Gasteiger partial charge < -0.3 is 4.74 Å². The lowest BCUT2D eigenvalue weighted by atomic mass is 10.1. The van der Waals surface area contributed by atoms with Crippen LogP contribution in [0.15, 0.2) is 6.07 Å². The maximum absolute atomic E-state index is 12.7. The van der Waals surface area contributed by atoms with Crippen LogP contribution in [0, 0.1) is 18.3 Å². The van der Waals surface area contributed by atoms with Gasteiger partial charge in [0.05, 0.1) is 12.2 Å². The molecule has 0 saturated carbocycles. The van der Waals surface area contributed by atoms with Crippen molar-refractivity contribution in [3.8, 4) is 6.07 Å². The summed E-state index contributed by atoms with van der Waals surface area (Å²) in [6.45, 7) is 3.12. The minimum atomic E-state index is -2.93. The van der Waals surface area contributed by atoms with Crippen molar-refractivity contribution in [2.75, 3.05) is 6.61 Å². The fourth-order valence-electron chi connectivity index (χ4n) is 1.38. The quantitative estimate of drug-likeness (QED) is 0.761. The van der Waals surface area contributed by atoms with Gasteiger partial charge in [0.25, 0.3) is 6.43 Å². The molecule has 1 aromatic heterocycles. The van der Waals surface area contributed by atoms with Crippen LogP contribution in [0.5, 0.6) is 0 Å². The number of nitriles is 1. The van der Waals surface area contributed by atoms with E-state index in [0.717, 1.165) is 0 Å². The van der Waals surface area contributed by atoms with Crippen LogP contribution in [0.2, 0.25) is 0 Å². The van der Waals surface area contributed by atoms with E-state index in [4.69, 9.17) is 5.26 Å². The second-order valence-electron chi connectivity index (χ2n) is 3.22. The Morgan fingerprint density at radius 2 is 2.29 bits per heavy atom. The molecule has 0 spiro atoms. The first-order valence-electron chi connectivity index (χ1n) is 4.88. The van der Waals surface area contributed by atoms with Crippen molar-refractivity contribution in [1.29, 1.82) is 5.26 Å². The Hall–Kier alpha value is -2.03. The number of hydrogen-bond donors (Lipinski definition) is 0. The standard InChI is InChI=1S/C11H10F2N2O2/c1-3-17-11(16)8-6(2)4-7(5-14)15-9(8)10(12)13/h4,10H,3H2,1-2H3. The number of alkyl halides is 2. The number of pyridine rings is 1. The Morgan fingerprint density at radius 1 is 1.65 bits per heavy atom. The maximum Gasteiger partial charge on any atom is 0.340 e. The molecule has 6 heteroatoms. The van der Waals surface area contributed by atoms with Crippen molar-refractivity contribution < 1.29 is 18.3 Å². The Bertz CT molecular complexity index is 481. The molecule has 0 bridgehead atoms. The summed E-state index contributed by atoms with van der Waals surface area (Å²) in [4.78, 5) is 15.0. The van der Waals surface area contributed by atoms with Gasteiger partial charge in [-0.2, -0.15) is 5.26 Å². The lowest BCUT2D eigenvalue weighted by molar-refractivity contribution is 0.0512. The fourth-order valence-corrected chi connectivity index (χ4v) is 1.38. The van der Waals surface area contributed by atoms with Crippen molar-refractivity contribution in [3.05, 3.63) is 28.6 Å². The molecule has 0 radical (unpaired) electrons. The van der Waals surface area contributed by atoms with Crippen molar-refractivity contribution in [2.45, 2.75) is 20.3 Å². The van der Waals surface area contributed by atoms with E-state index in [1.807, 2.05) is 0 Å². The van der Waals surface area contributed by atoms with E-state index in [1.165, 1.54) is 13.0 Å². The minimum Gasteiger partial charge on any atom is -0.462 e. The van der Waals surface area contributed by atoms with E-state index >= 15 is 0 Å². The molecule has 1 heterocycles. The fraction of sp³-hybridized carbons (Fsp3) is 0.364. The third kappa shape index (κ3) is 2.75. The first kappa shape index (κ1) is 13.0. The molecule has 4 nitrogen and oxygen atoms in total. The van der Waals surface area contributed by atoms with E-state index in [-0.39, 0.29) is 23.4 Å². The molecule has 1 aromatic rings. The van der Waals surface area contributed by atoms with Gasteiger partial charge in [-0.15, -0.1) is 0 Å². The highest BCUT2D eigenvalue weighted by molar-refractivity contribution is 5.92. The minimum absolute atomic E-state index is 0.0843. The third-order valence-corrected chi connectivity index (χ3v) is 2.05. The number of esters is 1. The first-order valence-corrected chi connectivity index (χ1v) is 4.88. The van der Waals surface area contributed by atoms with Crippen LogP contribution in [-0.4, -0.2) is 17.6 Å². The predicted octanol–water partition coefficient (Wildman–Crippen LogP) is 2.38. The predicted molar refractivity (Wildman–Crippen MR) is 54.6 cm³/mol. The summed E-state index contributed by atoms with van der Waals surface area (Å²) in [5, 5.41) is 8.63.